The molecule has 0 spiro atoms. The van der Waals surface area contributed by atoms with E-state index in [1.54, 1.807) is 0 Å². The van der Waals surface area contributed by atoms with Crippen LogP contribution < -0.4 is 20.9 Å². The number of nitrogens with zero attached hydrogens (tertiary/aromatic N) is 2. The largest absolute Gasteiger partial charge is 0.367 e. The second-order valence-electron chi connectivity index (χ2n) is 7.13. The summed E-state index contributed by atoms with van der Waals surface area (Å²) in [5, 5.41) is 9.63. The van der Waals surface area contributed by atoms with E-state index in [4.69, 9.17) is 0 Å². The molecular weight excluding hydrogens is 326 g/mol. The predicted octanol–water partition coefficient (Wildman–Crippen LogP) is 1.52. The number of benzene rings is 1. The van der Waals surface area contributed by atoms with Gasteiger partial charge in [0.15, 0.2) is 5.96 Å². The Balaban J connectivity index is 1.43. The minimum Gasteiger partial charge on any atom is -0.367 e. The van der Waals surface area contributed by atoms with Gasteiger partial charge < -0.3 is 20.9 Å². The maximum absolute atomic E-state index is 11.6. The van der Waals surface area contributed by atoms with Gasteiger partial charge in [-0.05, 0) is 44.7 Å². The zero-order valence-corrected chi connectivity index (χ0v) is 15.9. The Morgan fingerprint density at radius 3 is 2.77 bits per heavy atom. The number of carbonyl (C=O) groups is 1. The lowest BCUT2D eigenvalue weighted by Gasteiger charge is -2.25. The summed E-state index contributed by atoms with van der Waals surface area (Å²) >= 11 is 0. The zero-order valence-electron chi connectivity index (χ0n) is 15.9. The highest BCUT2D eigenvalue weighted by Gasteiger charge is 2.29. The molecule has 1 fully saturated rings. The predicted molar refractivity (Wildman–Crippen MR) is 107 cm³/mol. The average Bonchev–Trinajstić information content (AvgIpc) is 3.43. The molecule has 0 saturated heterocycles. The molecular formula is C20H31N5O. The molecule has 1 aromatic carbocycles. The third kappa shape index (κ3) is 4.90. The number of guanidine groups is 1. The topological polar surface area (TPSA) is 68.8 Å². The van der Waals surface area contributed by atoms with Gasteiger partial charge in [0.05, 0.1) is 6.54 Å². The molecule has 1 heterocycles. The summed E-state index contributed by atoms with van der Waals surface area (Å²) in [6.45, 7) is 8.13. The van der Waals surface area contributed by atoms with Crippen LogP contribution in [0.5, 0.6) is 0 Å². The Morgan fingerprint density at radius 1 is 1.19 bits per heavy atom. The Kier molecular flexibility index (Phi) is 6.36. The number of para-hydroxylation sites is 1. The molecule has 142 valence electrons. The summed E-state index contributed by atoms with van der Waals surface area (Å²) in [5.74, 6) is 1.25. The van der Waals surface area contributed by atoms with Crippen LogP contribution in [-0.2, 0) is 11.2 Å². The quantitative estimate of drug-likeness (QED) is 0.375. The van der Waals surface area contributed by atoms with Crippen molar-refractivity contribution in [3.8, 4) is 0 Å². The molecule has 0 aromatic heterocycles. The number of hydrogen-bond donors (Lipinski definition) is 3. The molecule has 1 saturated carbocycles. The van der Waals surface area contributed by atoms with Crippen LogP contribution in [0.3, 0.4) is 0 Å². The van der Waals surface area contributed by atoms with Gasteiger partial charge in [0.25, 0.3) is 0 Å². The lowest BCUT2D eigenvalue weighted by atomic mass is 10.1. The Hall–Kier alpha value is -2.24. The van der Waals surface area contributed by atoms with Crippen LogP contribution in [-0.4, -0.2) is 50.6 Å². The molecule has 1 aliphatic heterocycles. The van der Waals surface area contributed by atoms with E-state index in [2.05, 4.69) is 64.0 Å². The van der Waals surface area contributed by atoms with Gasteiger partial charge in [0.1, 0.15) is 0 Å². The van der Waals surface area contributed by atoms with Crippen LogP contribution in [0.4, 0.5) is 5.69 Å². The maximum atomic E-state index is 11.6. The van der Waals surface area contributed by atoms with E-state index in [9.17, 15) is 4.79 Å². The van der Waals surface area contributed by atoms with Gasteiger partial charge >= 0.3 is 0 Å². The maximum Gasteiger partial charge on any atom is 0.223 e. The fraction of sp³-hybridized carbons (Fsp3) is 0.600. The van der Waals surface area contributed by atoms with Crippen LogP contribution in [0.2, 0.25) is 0 Å². The molecule has 6 heteroatoms. The lowest BCUT2D eigenvalue weighted by Crippen LogP contribution is -2.43. The van der Waals surface area contributed by atoms with Gasteiger partial charge in [0.2, 0.25) is 5.91 Å². The summed E-state index contributed by atoms with van der Waals surface area (Å²) in [6, 6.07) is 9.19. The van der Waals surface area contributed by atoms with Gasteiger partial charge in [-0.3, -0.25) is 9.79 Å². The van der Waals surface area contributed by atoms with Gasteiger partial charge in [-0.25, -0.2) is 0 Å². The van der Waals surface area contributed by atoms with E-state index in [0.29, 0.717) is 19.1 Å². The first kappa shape index (κ1) is 18.5. The molecule has 1 aromatic rings. The Bertz CT molecular complexity index is 641. The monoisotopic (exact) mass is 357 g/mol. The summed E-state index contributed by atoms with van der Waals surface area (Å²) in [5.41, 5.74) is 2.79. The molecule has 1 amide bonds. The second kappa shape index (κ2) is 8.92. The van der Waals surface area contributed by atoms with E-state index in [1.807, 2.05) is 0 Å². The van der Waals surface area contributed by atoms with Crippen molar-refractivity contribution in [3.05, 3.63) is 29.8 Å². The standard InChI is InChI=1S/C20H31N5O/c1-3-21-20(23-11-10-22-19(26)16-8-9-16)24-12-13-25-15(2)14-17-6-4-5-7-18(17)25/h4-7,15-16H,3,8-14H2,1-2H3,(H,22,26)(H2,21,23,24). The van der Waals surface area contributed by atoms with Crippen molar-refractivity contribution < 1.29 is 4.79 Å². The van der Waals surface area contributed by atoms with E-state index >= 15 is 0 Å². The van der Waals surface area contributed by atoms with E-state index in [0.717, 1.165) is 44.9 Å². The van der Waals surface area contributed by atoms with Crippen LogP contribution in [0, 0.1) is 5.92 Å². The third-order valence-electron chi connectivity index (χ3n) is 4.97. The third-order valence-corrected chi connectivity index (χ3v) is 4.97. The van der Waals surface area contributed by atoms with Crippen LogP contribution in [0.25, 0.3) is 0 Å². The molecule has 2 aliphatic rings. The van der Waals surface area contributed by atoms with Gasteiger partial charge in [-0.15, -0.1) is 0 Å². The summed E-state index contributed by atoms with van der Waals surface area (Å²) in [6.07, 6.45) is 3.19. The van der Waals surface area contributed by atoms with Crippen molar-refractivity contribution in [3.63, 3.8) is 0 Å². The molecule has 3 rings (SSSR count). The van der Waals surface area contributed by atoms with Crippen molar-refractivity contribution in [1.29, 1.82) is 0 Å². The van der Waals surface area contributed by atoms with Crippen molar-refractivity contribution >= 4 is 17.6 Å². The molecule has 1 unspecified atom stereocenters. The Labute approximate surface area is 156 Å². The molecule has 1 aliphatic carbocycles. The van der Waals surface area contributed by atoms with Crippen molar-refractivity contribution in [1.82, 2.24) is 16.0 Å². The Morgan fingerprint density at radius 2 is 2.00 bits per heavy atom. The average molecular weight is 358 g/mol. The smallest absolute Gasteiger partial charge is 0.223 e. The van der Waals surface area contributed by atoms with Gasteiger partial charge in [-0.1, -0.05) is 18.2 Å². The molecule has 3 N–H and O–H groups in total. The van der Waals surface area contributed by atoms with E-state index in [1.165, 1.54) is 11.3 Å². The lowest BCUT2D eigenvalue weighted by molar-refractivity contribution is -0.122. The first-order valence-corrected chi connectivity index (χ1v) is 9.83. The van der Waals surface area contributed by atoms with Gasteiger partial charge in [-0.2, -0.15) is 0 Å². The summed E-state index contributed by atoms with van der Waals surface area (Å²) in [4.78, 5) is 18.6. The minimum absolute atomic E-state index is 0.180. The first-order valence-electron chi connectivity index (χ1n) is 9.83. The highest BCUT2D eigenvalue weighted by atomic mass is 16.2. The van der Waals surface area contributed by atoms with Crippen LogP contribution in [0.1, 0.15) is 32.3 Å². The zero-order chi connectivity index (χ0) is 18.4. The summed E-state index contributed by atoms with van der Waals surface area (Å²) < 4.78 is 0. The van der Waals surface area contributed by atoms with E-state index in [-0.39, 0.29) is 11.8 Å². The first-order chi connectivity index (χ1) is 12.7. The normalized spacial score (nSPS) is 19.2. The molecule has 6 nitrogen and oxygen atoms in total. The summed E-state index contributed by atoms with van der Waals surface area (Å²) in [7, 11) is 0. The molecule has 0 bridgehead atoms. The number of aliphatic imine (C=N–C) groups is 1. The highest BCUT2D eigenvalue weighted by Crippen LogP contribution is 2.31. The number of amides is 1. The van der Waals surface area contributed by atoms with Crippen molar-refractivity contribution in [2.24, 2.45) is 10.9 Å². The highest BCUT2D eigenvalue weighted by molar-refractivity contribution is 5.81. The fourth-order valence-electron chi connectivity index (χ4n) is 3.44. The van der Waals surface area contributed by atoms with E-state index < -0.39 is 0 Å². The van der Waals surface area contributed by atoms with Gasteiger partial charge in [0, 0.05) is 43.8 Å². The van der Waals surface area contributed by atoms with Crippen LogP contribution >= 0.6 is 0 Å². The number of anilines is 1. The fourth-order valence-corrected chi connectivity index (χ4v) is 3.44. The van der Waals surface area contributed by atoms with Crippen molar-refractivity contribution in [2.75, 3.05) is 37.6 Å². The number of nitrogens with one attached hydrogen (secondary N) is 3. The SMILES string of the molecule is CCNC(=NCCNC(=O)C1CC1)NCCN1c2ccccc2CC1C. The molecule has 26 heavy (non-hydrogen) atoms. The number of rotatable bonds is 8. The number of carbonyl (C=O) groups excluding carboxylic acids is 1. The second-order valence-corrected chi connectivity index (χ2v) is 7.13. The number of fused-ring (bicyclic) bond motifs is 1. The van der Waals surface area contributed by atoms with Crippen LogP contribution in [0.15, 0.2) is 29.3 Å². The van der Waals surface area contributed by atoms with Crippen molar-refractivity contribution in [2.45, 2.75) is 39.2 Å². The molecule has 1 atom stereocenters. The molecule has 0 radical (unpaired) electrons. The number of hydrogen-bond acceptors (Lipinski definition) is 3. The minimum atomic E-state index is 0.180.